The molecule has 0 spiro atoms. The molecular formula is C27H24FN3O8. The molecule has 0 bridgehead atoms. The Kier molecular flexibility index (Phi) is 8.24. The summed E-state index contributed by atoms with van der Waals surface area (Å²) in [7, 11) is 1.21. The molecule has 12 heteroatoms. The minimum absolute atomic E-state index is 0.0140. The van der Waals surface area contributed by atoms with Gasteiger partial charge in [-0.25, -0.2) is 14.0 Å². The summed E-state index contributed by atoms with van der Waals surface area (Å²) in [5.74, 6) is -1.69. The Bertz CT molecular complexity index is 1450. The number of furan rings is 1. The number of urea groups is 1. The van der Waals surface area contributed by atoms with Crippen LogP contribution in [-0.4, -0.2) is 49.0 Å². The zero-order chi connectivity index (χ0) is 27.9. The number of carbonyl (C=O) groups excluding carboxylic acids is 4. The molecule has 3 aromatic rings. The van der Waals surface area contributed by atoms with Gasteiger partial charge in [0.15, 0.2) is 18.1 Å². The molecule has 39 heavy (non-hydrogen) atoms. The molecule has 1 saturated heterocycles. The lowest BCUT2D eigenvalue weighted by molar-refractivity contribution is -0.123. The maximum atomic E-state index is 13.8. The van der Waals surface area contributed by atoms with Crippen LogP contribution >= 0.6 is 0 Å². The highest BCUT2D eigenvalue weighted by Gasteiger charge is 2.34. The Morgan fingerprint density at radius 3 is 2.62 bits per heavy atom. The zero-order valence-corrected chi connectivity index (χ0v) is 21.0. The number of methoxy groups -OCH3 is 1. The van der Waals surface area contributed by atoms with E-state index in [4.69, 9.17) is 13.9 Å². The number of anilines is 1. The van der Waals surface area contributed by atoms with Crippen LogP contribution in [0.25, 0.3) is 6.08 Å². The lowest BCUT2D eigenvalue weighted by Gasteiger charge is -2.13. The van der Waals surface area contributed by atoms with Crippen molar-refractivity contribution in [3.8, 4) is 11.5 Å². The topological polar surface area (TPSA) is 136 Å². The van der Waals surface area contributed by atoms with Crippen LogP contribution in [0.5, 0.6) is 11.5 Å². The van der Waals surface area contributed by atoms with Crippen LogP contribution in [0.4, 0.5) is 14.9 Å². The first kappa shape index (κ1) is 26.9. The van der Waals surface area contributed by atoms with Gasteiger partial charge in [-0.3, -0.25) is 14.5 Å². The highest BCUT2D eigenvalue weighted by Crippen LogP contribution is 2.30. The Labute approximate surface area is 222 Å². The fourth-order valence-electron chi connectivity index (χ4n) is 3.61. The SMILES string of the molecule is CCOc1cc(/C=C2\NC(=O)N(Cc3ccc(C(=O)OC)o3)C2=O)ccc1OCC(=O)Nc1ccccc1F. The van der Waals surface area contributed by atoms with Crippen molar-refractivity contribution in [2.24, 2.45) is 0 Å². The van der Waals surface area contributed by atoms with E-state index in [1.54, 1.807) is 31.2 Å². The largest absolute Gasteiger partial charge is 0.490 e. The molecule has 4 rings (SSSR count). The van der Waals surface area contributed by atoms with E-state index in [-0.39, 0.29) is 41.8 Å². The van der Waals surface area contributed by atoms with E-state index in [1.165, 1.54) is 43.5 Å². The van der Waals surface area contributed by atoms with Crippen molar-refractivity contribution in [3.05, 3.63) is 83.2 Å². The van der Waals surface area contributed by atoms with Gasteiger partial charge in [-0.1, -0.05) is 18.2 Å². The molecule has 4 amide bonds. The maximum absolute atomic E-state index is 13.8. The predicted octanol–water partition coefficient (Wildman–Crippen LogP) is 3.71. The third-order valence-corrected chi connectivity index (χ3v) is 5.41. The molecule has 1 fully saturated rings. The van der Waals surface area contributed by atoms with Crippen LogP contribution in [0.3, 0.4) is 0 Å². The smallest absolute Gasteiger partial charge is 0.373 e. The summed E-state index contributed by atoms with van der Waals surface area (Å²) in [6.45, 7) is 1.46. The second kappa shape index (κ2) is 11.9. The quantitative estimate of drug-likeness (QED) is 0.227. The van der Waals surface area contributed by atoms with Gasteiger partial charge in [0.25, 0.3) is 11.8 Å². The number of benzene rings is 2. The Morgan fingerprint density at radius 2 is 1.87 bits per heavy atom. The average molecular weight is 538 g/mol. The predicted molar refractivity (Wildman–Crippen MR) is 135 cm³/mol. The standard InChI is InChI=1S/C27H24FN3O8/c1-3-37-23-13-16(8-10-21(23)38-15-24(32)29-19-7-5-4-6-18(19)28)12-20-25(33)31(27(35)30-20)14-17-9-11-22(39-17)26(34)36-2/h4-13H,3,14-15H2,1-2H3,(H,29,32)(H,30,35)/b20-12-. The molecule has 1 aliphatic heterocycles. The summed E-state index contributed by atoms with van der Waals surface area (Å²) in [4.78, 5) is 50.0. The molecule has 0 radical (unpaired) electrons. The molecule has 0 saturated carbocycles. The van der Waals surface area contributed by atoms with Gasteiger partial charge in [-0.2, -0.15) is 0 Å². The molecule has 0 atom stereocenters. The van der Waals surface area contributed by atoms with Crippen molar-refractivity contribution in [2.45, 2.75) is 13.5 Å². The van der Waals surface area contributed by atoms with Crippen LogP contribution in [0.15, 0.2) is 64.7 Å². The van der Waals surface area contributed by atoms with Gasteiger partial charge >= 0.3 is 12.0 Å². The van der Waals surface area contributed by atoms with Gasteiger partial charge in [0.2, 0.25) is 5.76 Å². The fraction of sp³-hybridized carbons (Fsp3) is 0.185. The monoisotopic (exact) mass is 537 g/mol. The van der Waals surface area contributed by atoms with Crippen LogP contribution in [0.1, 0.15) is 28.8 Å². The number of ether oxygens (including phenoxy) is 3. The minimum Gasteiger partial charge on any atom is -0.490 e. The van der Waals surface area contributed by atoms with Crippen LogP contribution in [-0.2, 0) is 20.9 Å². The number of hydrogen-bond acceptors (Lipinski definition) is 8. The van der Waals surface area contributed by atoms with Crippen molar-refractivity contribution in [2.75, 3.05) is 25.6 Å². The van der Waals surface area contributed by atoms with E-state index < -0.39 is 36.2 Å². The van der Waals surface area contributed by atoms with Crippen molar-refractivity contribution >= 4 is 35.6 Å². The van der Waals surface area contributed by atoms with Crippen molar-refractivity contribution in [1.29, 1.82) is 0 Å². The van der Waals surface area contributed by atoms with E-state index >= 15 is 0 Å². The summed E-state index contributed by atoms with van der Waals surface area (Å²) < 4.78 is 34.9. The zero-order valence-electron chi connectivity index (χ0n) is 21.0. The molecule has 202 valence electrons. The lowest BCUT2D eigenvalue weighted by atomic mass is 10.1. The Hall–Kier alpha value is -5.13. The van der Waals surface area contributed by atoms with Crippen LogP contribution < -0.4 is 20.1 Å². The molecule has 2 heterocycles. The van der Waals surface area contributed by atoms with Gasteiger partial charge in [0.1, 0.15) is 17.3 Å². The number of carbonyl (C=O) groups is 4. The average Bonchev–Trinajstić information content (AvgIpc) is 3.49. The van der Waals surface area contributed by atoms with Gasteiger partial charge in [0, 0.05) is 0 Å². The molecule has 2 aromatic carbocycles. The van der Waals surface area contributed by atoms with E-state index in [9.17, 15) is 23.6 Å². The number of nitrogens with one attached hydrogen (secondary N) is 2. The summed E-state index contributed by atoms with van der Waals surface area (Å²) in [5, 5.41) is 4.94. The van der Waals surface area contributed by atoms with E-state index in [0.29, 0.717) is 11.3 Å². The van der Waals surface area contributed by atoms with E-state index in [1.807, 2.05) is 0 Å². The second-order valence-corrected chi connectivity index (χ2v) is 8.09. The summed E-state index contributed by atoms with van der Waals surface area (Å²) in [6, 6.07) is 12.7. The third kappa shape index (κ3) is 6.42. The van der Waals surface area contributed by atoms with Gasteiger partial charge in [-0.05, 0) is 55.0 Å². The number of amides is 4. The molecular weight excluding hydrogens is 513 g/mol. The second-order valence-electron chi connectivity index (χ2n) is 8.09. The van der Waals surface area contributed by atoms with Gasteiger partial charge in [-0.15, -0.1) is 0 Å². The number of hydrogen-bond donors (Lipinski definition) is 2. The number of para-hydroxylation sites is 1. The first-order valence-corrected chi connectivity index (χ1v) is 11.7. The molecule has 11 nitrogen and oxygen atoms in total. The Balaban J connectivity index is 1.44. The van der Waals surface area contributed by atoms with Crippen LogP contribution in [0.2, 0.25) is 0 Å². The minimum atomic E-state index is -0.678. The highest BCUT2D eigenvalue weighted by atomic mass is 19.1. The molecule has 1 aromatic heterocycles. The molecule has 1 aliphatic rings. The van der Waals surface area contributed by atoms with Crippen molar-refractivity contribution in [3.63, 3.8) is 0 Å². The molecule has 0 aliphatic carbocycles. The fourth-order valence-corrected chi connectivity index (χ4v) is 3.61. The third-order valence-electron chi connectivity index (χ3n) is 5.41. The van der Waals surface area contributed by atoms with Gasteiger partial charge in [0.05, 0.1) is 25.9 Å². The molecule has 0 unspecified atom stereocenters. The number of nitrogens with zero attached hydrogens (tertiary/aromatic N) is 1. The van der Waals surface area contributed by atoms with Crippen LogP contribution in [0, 0.1) is 5.82 Å². The van der Waals surface area contributed by atoms with Crippen molar-refractivity contribution < 1.29 is 42.2 Å². The summed E-state index contributed by atoms with van der Waals surface area (Å²) in [5.41, 5.74) is 0.560. The maximum Gasteiger partial charge on any atom is 0.373 e. The van der Waals surface area contributed by atoms with Gasteiger partial charge < -0.3 is 29.3 Å². The highest BCUT2D eigenvalue weighted by molar-refractivity contribution is 6.13. The number of halogens is 1. The van der Waals surface area contributed by atoms with Crippen molar-refractivity contribution in [1.82, 2.24) is 10.2 Å². The summed E-state index contributed by atoms with van der Waals surface area (Å²) >= 11 is 0. The number of imide groups is 1. The molecule has 2 N–H and O–H groups in total. The van der Waals surface area contributed by atoms with E-state index in [2.05, 4.69) is 15.4 Å². The normalized spacial score (nSPS) is 13.8. The first-order valence-electron chi connectivity index (χ1n) is 11.7. The van der Waals surface area contributed by atoms with E-state index in [0.717, 1.165) is 4.90 Å². The summed E-state index contributed by atoms with van der Waals surface area (Å²) in [6.07, 6.45) is 1.46. The lowest BCUT2D eigenvalue weighted by Crippen LogP contribution is -2.30. The number of esters is 1. The number of rotatable bonds is 10. The first-order chi connectivity index (χ1) is 18.8. The Morgan fingerprint density at radius 1 is 1.08 bits per heavy atom.